The lowest BCUT2D eigenvalue weighted by Gasteiger charge is -2.25. The number of alkyl halides is 3. The Balaban J connectivity index is 2.04. The second-order valence-electron chi connectivity index (χ2n) is 6.94. The Hall–Kier alpha value is -2.74. The highest BCUT2D eigenvalue weighted by Gasteiger charge is 2.34. The zero-order valence-electron chi connectivity index (χ0n) is 16.9. The molecule has 0 aromatic heterocycles. The molecular weight excluding hydrogens is 385 g/mol. The normalized spacial score (nSPS) is 12.6. The van der Waals surface area contributed by atoms with Gasteiger partial charge in [-0.05, 0) is 43.9 Å². The van der Waals surface area contributed by atoms with E-state index in [1.807, 2.05) is 31.1 Å². The van der Waals surface area contributed by atoms with Crippen LogP contribution in [0, 0.1) is 0 Å². The predicted octanol–water partition coefficient (Wildman–Crippen LogP) is 4.84. The molecule has 0 aliphatic carbocycles. The van der Waals surface area contributed by atoms with Gasteiger partial charge in [0.2, 0.25) is 0 Å². The van der Waals surface area contributed by atoms with Crippen LogP contribution in [0.4, 0.5) is 18.0 Å². The molecule has 0 bridgehead atoms. The van der Waals surface area contributed by atoms with Gasteiger partial charge in [-0.3, -0.25) is 0 Å². The summed E-state index contributed by atoms with van der Waals surface area (Å²) in [7, 11) is 6.95. The zero-order chi connectivity index (χ0) is 21.6. The van der Waals surface area contributed by atoms with E-state index in [4.69, 9.17) is 9.47 Å². The Morgan fingerprint density at radius 1 is 1.00 bits per heavy atom. The van der Waals surface area contributed by atoms with Gasteiger partial charge in [-0.2, -0.15) is 13.2 Å². The number of para-hydroxylation sites is 1. The van der Waals surface area contributed by atoms with Crippen LogP contribution in [0.3, 0.4) is 0 Å². The second-order valence-corrected chi connectivity index (χ2v) is 6.94. The Labute approximate surface area is 168 Å². The summed E-state index contributed by atoms with van der Waals surface area (Å²) in [5.41, 5.74) is 0.154. The fraction of sp³-hybridized carbons (Fsp3) is 0.381. The molecule has 29 heavy (non-hydrogen) atoms. The Bertz CT molecular complexity index is 806. The molecule has 0 heterocycles. The topological polar surface area (TPSA) is 42.0 Å². The summed E-state index contributed by atoms with van der Waals surface area (Å²) in [4.78, 5) is 14.9. The van der Waals surface area contributed by atoms with E-state index in [0.29, 0.717) is 12.2 Å². The van der Waals surface area contributed by atoms with Crippen LogP contribution in [0.1, 0.15) is 23.6 Å². The fourth-order valence-electron chi connectivity index (χ4n) is 2.78. The molecule has 0 radical (unpaired) electrons. The number of amides is 1. The summed E-state index contributed by atoms with van der Waals surface area (Å²) >= 11 is 0. The summed E-state index contributed by atoms with van der Waals surface area (Å²) in [6.45, 7) is 0.118. The van der Waals surface area contributed by atoms with Crippen LogP contribution in [-0.2, 0) is 6.18 Å². The number of nitrogens with zero attached hydrogens (tertiary/aromatic N) is 2. The van der Waals surface area contributed by atoms with E-state index >= 15 is 0 Å². The SMILES string of the molecule is CN(C)C(=O)Oc1ccc(C(CCOc2ccccc2C(F)(F)F)N(C)C)cc1. The molecule has 1 atom stereocenters. The molecule has 1 amide bonds. The Morgan fingerprint density at radius 2 is 1.62 bits per heavy atom. The largest absolute Gasteiger partial charge is 0.493 e. The summed E-state index contributed by atoms with van der Waals surface area (Å²) in [6.07, 6.45) is -4.45. The van der Waals surface area contributed by atoms with Gasteiger partial charge in [0.15, 0.2) is 0 Å². The molecule has 2 rings (SSSR count). The van der Waals surface area contributed by atoms with E-state index in [-0.39, 0.29) is 18.4 Å². The van der Waals surface area contributed by atoms with Gasteiger partial charge in [0, 0.05) is 26.6 Å². The van der Waals surface area contributed by atoms with Gasteiger partial charge in [-0.25, -0.2) is 4.79 Å². The molecule has 0 aliphatic rings. The highest BCUT2D eigenvalue weighted by atomic mass is 19.4. The number of hydrogen-bond acceptors (Lipinski definition) is 4. The lowest BCUT2D eigenvalue weighted by Crippen LogP contribution is -2.25. The van der Waals surface area contributed by atoms with E-state index in [9.17, 15) is 18.0 Å². The van der Waals surface area contributed by atoms with E-state index < -0.39 is 17.8 Å². The molecule has 2 aromatic carbocycles. The van der Waals surface area contributed by atoms with Crippen molar-refractivity contribution in [3.05, 3.63) is 59.7 Å². The van der Waals surface area contributed by atoms with Gasteiger partial charge in [0.1, 0.15) is 11.5 Å². The Kier molecular flexibility index (Phi) is 7.50. The average molecular weight is 410 g/mol. The van der Waals surface area contributed by atoms with E-state index in [1.165, 1.54) is 23.1 Å². The van der Waals surface area contributed by atoms with Crippen LogP contribution in [0.5, 0.6) is 11.5 Å². The van der Waals surface area contributed by atoms with Crippen molar-refractivity contribution < 1.29 is 27.4 Å². The van der Waals surface area contributed by atoms with Crippen molar-refractivity contribution in [1.82, 2.24) is 9.80 Å². The molecule has 0 fully saturated rings. The van der Waals surface area contributed by atoms with E-state index in [1.54, 1.807) is 26.2 Å². The molecule has 5 nitrogen and oxygen atoms in total. The maximum atomic E-state index is 13.1. The van der Waals surface area contributed by atoms with Gasteiger partial charge in [0.25, 0.3) is 0 Å². The van der Waals surface area contributed by atoms with Crippen molar-refractivity contribution in [2.24, 2.45) is 0 Å². The summed E-state index contributed by atoms with van der Waals surface area (Å²) in [5, 5.41) is 0. The lowest BCUT2D eigenvalue weighted by molar-refractivity contribution is -0.139. The zero-order valence-corrected chi connectivity index (χ0v) is 16.9. The van der Waals surface area contributed by atoms with Crippen molar-refractivity contribution in [3.8, 4) is 11.5 Å². The molecule has 8 heteroatoms. The number of carbonyl (C=O) groups is 1. The van der Waals surface area contributed by atoms with Crippen molar-refractivity contribution in [2.75, 3.05) is 34.8 Å². The number of carbonyl (C=O) groups excluding carboxylic acids is 1. The highest BCUT2D eigenvalue weighted by Crippen LogP contribution is 2.36. The maximum absolute atomic E-state index is 13.1. The molecule has 2 aromatic rings. The third kappa shape index (κ3) is 6.39. The van der Waals surface area contributed by atoms with Gasteiger partial charge in [-0.1, -0.05) is 24.3 Å². The smallest absolute Gasteiger partial charge is 0.419 e. The predicted molar refractivity (Wildman–Crippen MR) is 104 cm³/mol. The minimum atomic E-state index is -4.46. The molecule has 0 spiro atoms. The van der Waals surface area contributed by atoms with Gasteiger partial charge in [-0.15, -0.1) is 0 Å². The van der Waals surface area contributed by atoms with Gasteiger partial charge in [0.05, 0.1) is 12.2 Å². The van der Waals surface area contributed by atoms with Crippen molar-refractivity contribution in [1.29, 1.82) is 0 Å². The van der Waals surface area contributed by atoms with Gasteiger partial charge >= 0.3 is 12.3 Å². The lowest BCUT2D eigenvalue weighted by atomic mass is 10.0. The first-order chi connectivity index (χ1) is 13.6. The maximum Gasteiger partial charge on any atom is 0.419 e. The van der Waals surface area contributed by atoms with Crippen LogP contribution in [0.2, 0.25) is 0 Å². The highest BCUT2D eigenvalue weighted by molar-refractivity contribution is 5.69. The number of rotatable bonds is 7. The van der Waals surface area contributed by atoms with Crippen LogP contribution >= 0.6 is 0 Å². The first-order valence-electron chi connectivity index (χ1n) is 9.04. The van der Waals surface area contributed by atoms with Crippen LogP contribution in [-0.4, -0.2) is 50.7 Å². The number of hydrogen-bond donors (Lipinski definition) is 0. The van der Waals surface area contributed by atoms with Gasteiger partial charge < -0.3 is 19.3 Å². The minimum absolute atomic E-state index is 0.0772. The van der Waals surface area contributed by atoms with Crippen LogP contribution in [0.25, 0.3) is 0 Å². The first-order valence-corrected chi connectivity index (χ1v) is 9.04. The average Bonchev–Trinajstić information content (AvgIpc) is 2.65. The monoisotopic (exact) mass is 410 g/mol. The standard InChI is InChI=1S/C21H25F3N2O3/c1-25(2)18(15-9-11-16(12-10-15)29-20(27)26(3)4)13-14-28-19-8-6-5-7-17(19)21(22,23)24/h5-12,18H,13-14H2,1-4H3. The number of benzene rings is 2. The minimum Gasteiger partial charge on any atom is -0.493 e. The molecule has 0 saturated heterocycles. The van der Waals surface area contributed by atoms with Crippen LogP contribution < -0.4 is 9.47 Å². The first kappa shape index (κ1) is 22.5. The Morgan fingerprint density at radius 3 is 2.17 bits per heavy atom. The van der Waals surface area contributed by atoms with Crippen molar-refractivity contribution >= 4 is 6.09 Å². The number of ether oxygens (including phenoxy) is 2. The molecule has 0 saturated carbocycles. The van der Waals surface area contributed by atoms with E-state index in [0.717, 1.165) is 11.6 Å². The molecule has 158 valence electrons. The van der Waals surface area contributed by atoms with Crippen molar-refractivity contribution in [2.45, 2.75) is 18.6 Å². The third-order valence-corrected chi connectivity index (χ3v) is 4.30. The molecule has 0 aliphatic heterocycles. The van der Waals surface area contributed by atoms with E-state index in [2.05, 4.69) is 0 Å². The molecular formula is C21H25F3N2O3. The second kappa shape index (κ2) is 9.65. The summed E-state index contributed by atoms with van der Waals surface area (Å²) in [6, 6.07) is 12.1. The van der Waals surface area contributed by atoms with Crippen molar-refractivity contribution in [3.63, 3.8) is 0 Å². The molecule has 1 unspecified atom stereocenters. The summed E-state index contributed by atoms with van der Waals surface area (Å²) in [5.74, 6) is 0.240. The summed E-state index contributed by atoms with van der Waals surface area (Å²) < 4.78 is 49.9. The number of halogens is 3. The van der Waals surface area contributed by atoms with Crippen LogP contribution in [0.15, 0.2) is 48.5 Å². The third-order valence-electron chi connectivity index (χ3n) is 4.30. The quantitative estimate of drug-likeness (QED) is 0.655. The fourth-order valence-corrected chi connectivity index (χ4v) is 2.78. The molecule has 0 N–H and O–H groups in total.